The molecule has 3 atom stereocenters. The topological polar surface area (TPSA) is 126 Å². The van der Waals surface area contributed by atoms with Crippen LogP contribution < -0.4 is 16.0 Å². The molecule has 0 bridgehead atoms. The van der Waals surface area contributed by atoms with Crippen LogP contribution in [0.25, 0.3) is 0 Å². The Hall–Kier alpha value is -2.58. The first-order valence-corrected chi connectivity index (χ1v) is 15.4. The van der Waals surface area contributed by atoms with Gasteiger partial charge in [-0.15, -0.1) is 10.2 Å². The second-order valence-electron chi connectivity index (χ2n) is 10.9. The van der Waals surface area contributed by atoms with E-state index in [9.17, 15) is 14.4 Å². The van der Waals surface area contributed by atoms with Gasteiger partial charge in [-0.05, 0) is 42.2 Å². The zero-order valence-electron chi connectivity index (χ0n) is 25.4. The maximum Gasteiger partial charge on any atom is 0.225 e. The van der Waals surface area contributed by atoms with Crippen molar-refractivity contribution in [2.45, 2.75) is 138 Å². The molecule has 9 nitrogen and oxygen atoms in total. The number of nitrogens with one attached hydrogen (secondary N) is 3. The largest absolute Gasteiger partial charge is 0.320 e. The summed E-state index contributed by atoms with van der Waals surface area (Å²) in [5.41, 5.74) is 0.199. The highest BCUT2D eigenvalue weighted by Crippen LogP contribution is 2.29. The van der Waals surface area contributed by atoms with Crippen LogP contribution in [0.3, 0.4) is 0 Å². The first kappa shape index (κ1) is 34.4. The number of anilines is 3. The van der Waals surface area contributed by atoms with E-state index in [0.717, 1.165) is 77.0 Å². The van der Waals surface area contributed by atoms with Crippen LogP contribution in [0.2, 0.25) is 0 Å². The Morgan fingerprint density at radius 1 is 0.564 bits per heavy atom. The second kappa shape index (κ2) is 20.3. The Morgan fingerprint density at radius 3 is 1.21 bits per heavy atom. The monoisotopic (exact) mass is 546 g/mol. The van der Waals surface area contributed by atoms with Crippen LogP contribution in [0.5, 0.6) is 0 Å². The summed E-state index contributed by atoms with van der Waals surface area (Å²) in [6.07, 6.45) is 13.2. The van der Waals surface area contributed by atoms with E-state index in [0.29, 0.717) is 19.3 Å². The number of nitrogens with zero attached hydrogens (tertiary/aromatic N) is 3. The van der Waals surface area contributed by atoms with E-state index in [1.807, 2.05) is 0 Å². The molecule has 3 amide bonds. The third kappa shape index (κ3) is 13.9. The molecule has 0 aliphatic carbocycles. The van der Waals surface area contributed by atoms with Crippen LogP contribution in [-0.4, -0.2) is 33.1 Å². The third-order valence-electron chi connectivity index (χ3n) is 7.60. The highest BCUT2D eigenvalue weighted by Gasteiger charge is 2.22. The number of rotatable bonds is 21. The minimum Gasteiger partial charge on any atom is -0.320 e. The van der Waals surface area contributed by atoms with Crippen molar-refractivity contribution in [1.29, 1.82) is 0 Å². The molecule has 1 aromatic rings. The average Bonchev–Trinajstić information content (AvgIpc) is 2.92. The zero-order valence-corrected chi connectivity index (χ0v) is 25.4. The Kier molecular flexibility index (Phi) is 18.0. The van der Waals surface area contributed by atoms with E-state index in [4.69, 9.17) is 0 Å². The molecule has 1 rings (SSSR count). The zero-order chi connectivity index (χ0) is 29.0. The van der Waals surface area contributed by atoms with E-state index in [-0.39, 0.29) is 52.8 Å². The summed E-state index contributed by atoms with van der Waals surface area (Å²) in [6.45, 7) is 12.7. The first-order chi connectivity index (χ1) is 18.8. The molecular weight excluding hydrogens is 492 g/mol. The Morgan fingerprint density at radius 2 is 0.897 bits per heavy atom. The number of aromatic nitrogens is 3. The molecule has 1 aromatic heterocycles. The Balaban J connectivity index is 3.15. The summed E-state index contributed by atoms with van der Waals surface area (Å²) in [4.78, 5) is 39.0. The Labute approximate surface area is 236 Å². The van der Waals surface area contributed by atoms with Crippen molar-refractivity contribution in [2.24, 2.45) is 17.8 Å². The summed E-state index contributed by atoms with van der Waals surface area (Å²) < 4.78 is 0. The van der Waals surface area contributed by atoms with Gasteiger partial charge in [-0.2, -0.15) is 0 Å². The van der Waals surface area contributed by atoms with Gasteiger partial charge in [0.25, 0.3) is 0 Å². The van der Waals surface area contributed by atoms with Gasteiger partial charge in [-0.1, -0.05) is 99.3 Å². The molecule has 0 radical (unpaired) electrons. The van der Waals surface area contributed by atoms with Crippen molar-refractivity contribution >= 4 is 35.0 Å². The van der Waals surface area contributed by atoms with Gasteiger partial charge in [0.2, 0.25) is 17.7 Å². The lowest BCUT2D eigenvalue weighted by Gasteiger charge is -2.19. The highest BCUT2D eigenvalue weighted by molar-refractivity contribution is 6.04. The molecule has 222 valence electrons. The van der Waals surface area contributed by atoms with Gasteiger partial charge in [-0.25, -0.2) is 0 Å². The predicted octanol–water partition coefficient (Wildman–Crippen LogP) is 7.51. The normalized spacial score (nSPS) is 13.4. The number of carbonyl (C=O) groups excluding carboxylic acids is 3. The minimum atomic E-state index is -0.192. The average molecular weight is 547 g/mol. The van der Waals surface area contributed by atoms with Crippen LogP contribution in [-0.2, 0) is 14.4 Å². The number of hydrogen-bond acceptors (Lipinski definition) is 6. The summed E-state index contributed by atoms with van der Waals surface area (Å²) in [5, 5.41) is 20.4. The van der Waals surface area contributed by atoms with Crippen LogP contribution in [0.15, 0.2) is 0 Å². The van der Waals surface area contributed by atoms with E-state index in [2.05, 4.69) is 72.9 Å². The molecule has 0 saturated heterocycles. The summed E-state index contributed by atoms with van der Waals surface area (Å²) in [7, 11) is 0. The fourth-order valence-corrected chi connectivity index (χ4v) is 4.79. The van der Waals surface area contributed by atoms with Crippen LogP contribution in [0.1, 0.15) is 138 Å². The molecule has 3 N–H and O–H groups in total. The maximum atomic E-state index is 13.1. The van der Waals surface area contributed by atoms with Gasteiger partial charge in [0.05, 0.1) is 0 Å². The number of amides is 3. The van der Waals surface area contributed by atoms with E-state index >= 15 is 0 Å². The summed E-state index contributed by atoms with van der Waals surface area (Å²) in [5.74, 6) is 0.466. The standard InChI is InChI=1S/C30H54N6O3/c1-7-13-16-22(10-4)19-25(37)31-28-29(32-26(38)20-23(11-5)17-14-8-2)34-36-35-30(28)33-27(39)21-24(12-6)18-15-9-3/h22-24H,7-21H2,1-6H3,(H,31,36,37)(H2,32,33,34,35,38,39). The van der Waals surface area contributed by atoms with Crippen molar-refractivity contribution < 1.29 is 14.4 Å². The fourth-order valence-electron chi connectivity index (χ4n) is 4.79. The molecule has 0 aromatic carbocycles. The van der Waals surface area contributed by atoms with Crippen LogP contribution >= 0.6 is 0 Å². The molecule has 0 fully saturated rings. The molecule has 0 aliphatic rings. The van der Waals surface area contributed by atoms with E-state index in [1.54, 1.807) is 0 Å². The van der Waals surface area contributed by atoms with Crippen molar-refractivity contribution in [3.8, 4) is 0 Å². The molecule has 0 aliphatic heterocycles. The van der Waals surface area contributed by atoms with Crippen molar-refractivity contribution in [1.82, 2.24) is 15.4 Å². The van der Waals surface area contributed by atoms with Gasteiger partial charge in [-0.3, -0.25) is 14.4 Å². The van der Waals surface area contributed by atoms with Crippen molar-refractivity contribution in [3.63, 3.8) is 0 Å². The molecule has 0 saturated carbocycles. The highest BCUT2D eigenvalue weighted by atomic mass is 16.2. The van der Waals surface area contributed by atoms with Crippen molar-refractivity contribution in [2.75, 3.05) is 16.0 Å². The molecule has 39 heavy (non-hydrogen) atoms. The lowest BCUT2D eigenvalue weighted by molar-refractivity contribution is -0.118. The van der Waals surface area contributed by atoms with Crippen LogP contribution in [0.4, 0.5) is 17.3 Å². The second-order valence-corrected chi connectivity index (χ2v) is 10.9. The lowest BCUT2D eigenvalue weighted by Crippen LogP contribution is -2.24. The number of hydrogen-bond donors (Lipinski definition) is 3. The lowest BCUT2D eigenvalue weighted by atomic mass is 9.95. The van der Waals surface area contributed by atoms with E-state index in [1.165, 1.54) is 0 Å². The third-order valence-corrected chi connectivity index (χ3v) is 7.60. The van der Waals surface area contributed by atoms with Crippen LogP contribution in [0, 0.1) is 17.8 Å². The molecule has 9 heteroatoms. The van der Waals surface area contributed by atoms with Gasteiger partial charge in [0.1, 0.15) is 5.69 Å². The number of unbranched alkanes of at least 4 members (excludes halogenated alkanes) is 3. The quantitative estimate of drug-likeness (QED) is 0.146. The molecular formula is C30H54N6O3. The molecule has 0 spiro atoms. The summed E-state index contributed by atoms with van der Waals surface area (Å²) in [6, 6.07) is 0. The van der Waals surface area contributed by atoms with Gasteiger partial charge < -0.3 is 16.0 Å². The van der Waals surface area contributed by atoms with Gasteiger partial charge >= 0.3 is 0 Å². The minimum absolute atomic E-state index is 0.114. The molecule has 3 unspecified atom stereocenters. The fraction of sp³-hybridized carbons (Fsp3) is 0.800. The summed E-state index contributed by atoms with van der Waals surface area (Å²) >= 11 is 0. The van der Waals surface area contributed by atoms with Gasteiger partial charge in [0, 0.05) is 19.3 Å². The van der Waals surface area contributed by atoms with Gasteiger partial charge in [0.15, 0.2) is 11.6 Å². The Bertz CT molecular complexity index is 813. The first-order valence-electron chi connectivity index (χ1n) is 15.4. The maximum absolute atomic E-state index is 13.1. The smallest absolute Gasteiger partial charge is 0.225 e. The van der Waals surface area contributed by atoms with Crippen molar-refractivity contribution in [3.05, 3.63) is 0 Å². The number of carbonyl (C=O) groups is 3. The van der Waals surface area contributed by atoms with E-state index < -0.39 is 0 Å². The SMILES string of the molecule is CCCCC(CC)CC(=O)Nc1nnnc(NC(=O)CC(CC)CCCC)c1NC(=O)CC(CC)CCCC. The molecule has 1 heterocycles. The predicted molar refractivity (Wildman–Crippen MR) is 159 cm³/mol.